The molecule has 0 unspecified atom stereocenters. The minimum atomic E-state index is 0.110. The summed E-state index contributed by atoms with van der Waals surface area (Å²) in [4.78, 5) is 14.7. The topological polar surface area (TPSA) is 39.2 Å². The predicted octanol–water partition coefficient (Wildman–Crippen LogP) is 0.647. The summed E-state index contributed by atoms with van der Waals surface area (Å²) in [6, 6.07) is 0. The quantitative estimate of drug-likeness (QED) is 0.552. The summed E-state index contributed by atoms with van der Waals surface area (Å²) in [6.45, 7) is 0.217. The molecular weight excluding hydrogens is 150 g/mol. The Hall–Kier alpha value is -0.900. The van der Waals surface area contributed by atoms with E-state index in [-0.39, 0.29) is 12.4 Å². The summed E-state index contributed by atoms with van der Waals surface area (Å²) in [5.41, 5.74) is 2.49. The van der Waals surface area contributed by atoms with Crippen LogP contribution >= 0.6 is 11.3 Å². The van der Waals surface area contributed by atoms with Crippen LogP contribution in [-0.2, 0) is 11.2 Å². The van der Waals surface area contributed by atoms with E-state index in [1.807, 2.05) is 0 Å². The third kappa shape index (κ3) is 0.806. The first-order valence-corrected chi connectivity index (χ1v) is 3.81. The monoisotopic (exact) mass is 155 g/mol. The molecule has 0 saturated carbocycles. The van der Waals surface area contributed by atoms with E-state index in [1.165, 1.54) is 11.3 Å². The second-order valence-electron chi connectivity index (χ2n) is 2.09. The van der Waals surface area contributed by atoms with Crippen LogP contribution in [0.5, 0.6) is 5.06 Å². The number of ether oxygens (including phenoxy) is 1. The molecule has 0 amide bonds. The van der Waals surface area contributed by atoms with Crippen LogP contribution in [0.2, 0.25) is 0 Å². The lowest BCUT2D eigenvalue weighted by molar-refractivity contribution is -0.121. The summed E-state index contributed by atoms with van der Waals surface area (Å²) >= 11 is 1.44. The first kappa shape index (κ1) is 5.85. The van der Waals surface area contributed by atoms with E-state index in [0.29, 0.717) is 6.42 Å². The van der Waals surface area contributed by atoms with Crippen molar-refractivity contribution < 1.29 is 9.53 Å². The van der Waals surface area contributed by atoms with E-state index in [4.69, 9.17) is 4.74 Å². The molecule has 2 heterocycles. The lowest BCUT2D eigenvalue weighted by atomic mass is 10.2. The van der Waals surface area contributed by atoms with Gasteiger partial charge < -0.3 is 4.74 Å². The highest BCUT2D eigenvalue weighted by molar-refractivity contribution is 7.11. The van der Waals surface area contributed by atoms with Crippen LogP contribution in [0.15, 0.2) is 5.51 Å². The van der Waals surface area contributed by atoms with E-state index in [9.17, 15) is 4.79 Å². The molecule has 0 aliphatic carbocycles. The lowest BCUT2D eigenvalue weighted by Crippen LogP contribution is -2.19. The maximum absolute atomic E-state index is 10.8. The minimum Gasteiger partial charge on any atom is -0.475 e. The van der Waals surface area contributed by atoms with Gasteiger partial charge in [0.1, 0.15) is 12.3 Å². The number of carbonyl (C=O) groups is 1. The number of fused-ring (bicyclic) bond motifs is 1. The van der Waals surface area contributed by atoms with Gasteiger partial charge in [0.05, 0.1) is 11.9 Å². The Morgan fingerprint density at radius 3 is 3.50 bits per heavy atom. The molecule has 1 aliphatic rings. The van der Waals surface area contributed by atoms with Gasteiger partial charge in [0.25, 0.3) is 0 Å². The highest BCUT2D eigenvalue weighted by Gasteiger charge is 2.18. The van der Waals surface area contributed by atoms with Crippen molar-refractivity contribution in [2.75, 3.05) is 6.61 Å². The average Bonchev–Trinajstić information content (AvgIpc) is 2.33. The van der Waals surface area contributed by atoms with Gasteiger partial charge in [0.2, 0.25) is 0 Å². The van der Waals surface area contributed by atoms with Crippen molar-refractivity contribution in [1.29, 1.82) is 0 Å². The van der Waals surface area contributed by atoms with Crippen molar-refractivity contribution >= 4 is 17.1 Å². The zero-order valence-electron chi connectivity index (χ0n) is 5.16. The molecule has 0 saturated heterocycles. The smallest absolute Gasteiger partial charge is 0.198 e. The standard InChI is InChI=1S/C6H5NO2S/c8-4-1-5-6(9-2-4)10-3-7-5/h3H,1-2H2. The SMILES string of the molecule is O=C1COc2scnc2C1. The fraction of sp³-hybridized carbons (Fsp3) is 0.333. The normalized spacial score (nSPS) is 16.2. The predicted molar refractivity (Wildman–Crippen MR) is 36.3 cm³/mol. The van der Waals surface area contributed by atoms with E-state index >= 15 is 0 Å². The number of ketones is 1. The molecule has 0 spiro atoms. The molecule has 10 heavy (non-hydrogen) atoms. The van der Waals surface area contributed by atoms with Gasteiger partial charge in [-0.3, -0.25) is 4.79 Å². The molecule has 3 nitrogen and oxygen atoms in total. The number of Topliss-reactive ketones (excluding diaryl/α,β-unsaturated/α-hetero) is 1. The van der Waals surface area contributed by atoms with Crippen molar-refractivity contribution in [3.05, 3.63) is 11.2 Å². The summed E-state index contributed by atoms with van der Waals surface area (Å²) in [6.07, 6.45) is 0.443. The summed E-state index contributed by atoms with van der Waals surface area (Å²) < 4.78 is 5.08. The van der Waals surface area contributed by atoms with Gasteiger partial charge in [0.15, 0.2) is 10.8 Å². The van der Waals surface area contributed by atoms with Crippen LogP contribution < -0.4 is 4.74 Å². The molecule has 0 N–H and O–H groups in total. The van der Waals surface area contributed by atoms with Crippen molar-refractivity contribution in [3.63, 3.8) is 0 Å². The average molecular weight is 155 g/mol. The first-order chi connectivity index (χ1) is 4.86. The van der Waals surface area contributed by atoms with Gasteiger partial charge in [-0.2, -0.15) is 0 Å². The van der Waals surface area contributed by atoms with E-state index in [0.717, 1.165) is 10.8 Å². The fourth-order valence-corrected chi connectivity index (χ4v) is 1.54. The Bertz CT molecular complexity index is 268. The molecule has 0 aromatic carbocycles. The third-order valence-corrected chi connectivity index (χ3v) is 2.11. The lowest BCUT2D eigenvalue weighted by Gasteiger charge is -2.08. The van der Waals surface area contributed by atoms with Gasteiger partial charge in [-0.25, -0.2) is 4.98 Å². The van der Waals surface area contributed by atoms with Crippen LogP contribution in [0.25, 0.3) is 0 Å². The largest absolute Gasteiger partial charge is 0.475 e. The summed E-state index contributed by atoms with van der Waals surface area (Å²) in [5.74, 6) is 0.110. The Morgan fingerprint density at radius 1 is 1.70 bits per heavy atom. The van der Waals surface area contributed by atoms with Gasteiger partial charge in [-0.05, 0) is 0 Å². The number of hydrogen-bond acceptors (Lipinski definition) is 4. The molecule has 0 radical (unpaired) electrons. The maximum atomic E-state index is 10.8. The molecule has 52 valence electrons. The number of hydrogen-bond donors (Lipinski definition) is 0. The summed E-state index contributed by atoms with van der Waals surface area (Å²) in [7, 11) is 0. The molecule has 0 bridgehead atoms. The third-order valence-electron chi connectivity index (χ3n) is 1.33. The van der Waals surface area contributed by atoms with Crippen LogP contribution in [-0.4, -0.2) is 17.4 Å². The number of carbonyl (C=O) groups excluding carboxylic acids is 1. The van der Waals surface area contributed by atoms with Crippen LogP contribution in [0.3, 0.4) is 0 Å². The van der Waals surface area contributed by atoms with Gasteiger partial charge in [0, 0.05) is 0 Å². The Kier molecular flexibility index (Phi) is 1.20. The zero-order chi connectivity index (χ0) is 6.97. The van der Waals surface area contributed by atoms with Gasteiger partial charge in [-0.1, -0.05) is 11.3 Å². The molecule has 1 aliphatic heterocycles. The second kappa shape index (κ2) is 2.05. The van der Waals surface area contributed by atoms with Crippen molar-refractivity contribution in [2.45, 2.75) is 6.42 Å². The Labute approximate surface area is 61.7 Å². The molecular formula is C6H5NO2S. The van der Waals surface area contributed by atoms with E-state index in [1.54, 1.807) is 5.51 Å². The second-order valence-corrected chi connectivity index (χ2v) is 2.91. The molecule has 1 aromatic heterocycles. The summed E-state index contributed by atoms with van der Waals surface area (Å²) in [5, 5.41) is 0.805. The molecule has 0 fully saturated rings. The minimum absolute atomic E-state index is 0.110. The van der Waals surface area contributed by atoms with Crippen LogP contribution in [0, 0.1) is 0 Å². The number of nitrogens with zero attached hydrogens (tertiary/aromatic N) is 1. The van der Waals surface area contributed by atoms with E-state index in [2.05, 4.69) is 4.98 Å². The van der Waals surface area contributed by atoms with Crippen LogP contribution in [0.4, 0.5) is 0 Å². The molecule has 2 rings (SSSR count). The zero-order valence-corrected chi connectivity index (χ0v) is 5.98. The van der Waals surface area contributed by atoms with Crippen molar-refractivity contribution in [2.24, 2.45) is 0 Å². The molecule has 1 aromatic rings. The number of thiazole rings is 1. The van der Waals surface area contributed by atoms with Crippen molar-refractivity contribution in [3.8, 4) is 5.06 Å². The van der Waals surface area contributed by atoms with Gasteiger partial charge >= 0.3 is 0 Å². The van der Waals surface area contributed by atoms with Gasteiger partial charge in [-0.15, -0.1) is 0 Å². The van der Waals surface area contributed by atoms with Crippen molar-refractivity contribution in [1.82, 2.24) is 4.98 Å². The Balaban J connectivity index is 2.39. The highest BCUT2D eigenvalue weighted by atomic mass is 32.1. The first-order valence-electron chi connectivity index (χ1n) is 2.93. The Morgan fingerprint density at radius 2 is 2.60 bits per heavy atom. The number of aromatic nitrogens is 1. The number of rotatable bonds is 0. The molecule has 0 atom stereocenters. The highest BCUT2D eigenvalue weighted by Crippen LogP contribution is 2.26. The van der Waals surface area contributed by atoms with Crippen LogP contribution in [0.1, 0.15) is 5.69 Å². The maximum Gasteiger partial charge on any atom is 0.198 e. The van der Waals surface area contributed by atoms with E-state index < -0.39 is 0 Å². The molecule has 4 heteroatoms. The fourth-order valence-electron chi connectivity index (χ4n) is 0.878.